The van der Waals surface area contributed by atoms with Crippen molar-refractivity contribution in [2.24, 2.45) is 11.7 Å². The third-order valence-electron chi connectivity index (χ3n) is 5.46. The van der Waals surface area contributed by atoms with E-state index in [1.165, 1.54) is 19.2 Å². The smallest absolute Gasteiger partial charge is 0.274 e. The molecule has 12 heteroatoms. The van der Waals surface area contributed by atoms with E-state index >= 15 is 0 Å². The second-order valence-electron chi connectivity index (χ2n) is 8.03. The fourth-order valence-corrected chi connectivity index (χ4v) is 5.55. The molecule has 1 amide bonds. The van der Waals surface area contributed by atoms with Crippen LogP contribution in [0.15, 0.2) is 17.1 Å². The Morgan fingerprint density at radius 3 is 2.66 bits per heavy atom. The molecule has 1 atom stereocenters. The number of nitrogens with two attached hydrogens (primary N) is 1. The standard InChI is InChI=1S/C20H32N6O5S/c1-14(28)26(16(12-27)8-5-10-24-20(21)22)17-9-11-23-19(29)18(17)25-32(30,31)13-15-6-3-2-4-7-15/h9,11-12,15-16,25H,2-8,10,13H2,1H3,(H,23,29)(H4,21,22,24)/t16-/m0/s1. The molecule has 1 fully saturated rings. The lowest BCUT2D eigenvalue weighted by atomic mass is 9.91. The van der Waals surface area contributed by atoms with E-state index in [1.54, 1.807) is 0 Å². The first kappa shape index (κ1) is 25.4. The van der Waals surface area contributed by atoms with Crippen molar-refractivity contribution in [2.45, 2.75) is 57.9 Å². The highest BCUT2D eigenvalue weighted by Gasteiger charge is 2.28. The van der Waals surface area contributed by atoms with Crippen LogP contribution in [0.2, 0.25) is 0 Å². The Labute approximate surface area is 187 Å². The summed E-state index contributed by atoms with van der Waals surface area (Å²) in [5, 5.41) is 9.79. The molecule has 6 N–H and O–H groups in total. The Morgan fingerprint density at radius 1 is 1.38 bits per heavy atom. The van der Waals surface area contributed by atoms with Crippen molar-refractivity contribution >= 4 is 39.6 Å². The summed E-state index contributed by atoms with van der Waals surface area (Å²) < 4.78 is 28.0. The third-order valence-corrected chi connectivity index (χ3v) is 6.88. The summed E-state index contributed by atoms with van der Waals surface area (Å²) >= 11 is 0. The molecule has 0 aliphatic heterocycles. The molecule has 1 aliphatic carbocycles. The molecular weight excluding hydrogens is 436 g/mol. The highest BCUT2D eigenvalue weighted by molar-refractivity contribution is 7.92. The summed E-state index contributed by atoms with van der Waals surface area (Å²) in [4.78, 5) is 40.3. The van der Waals surface area contributed by atoms with Crippen LogP contribution in [0.25, 0.3) is 0 Å². The van der Waals surface area contributed by atoms with Crippen LogP contribution >= 0.6 is 0 Å². The van der Waals surface area contributed by atoms with Gasteiger partial charge in [-0.1, -0.05) is 19.3 Å². The highest BCUT2D eigenvalue weighted by Crippen LogP contribution is 2.28. The molecular formula is C20H32N6O5S. The van der Waals surface area contributed by atoms with E-state index in [0.717, 1.165) is 37.0 Å². The number of anilines is 2. The van der Waals surface area contributed by atoms with Crippen LogP contribution in [0.3, 0.4) is 0 Å². The van der Waals surface area contributed by atoms with Gasteiger partial charge in [0, 0.05) is 19.7 Å². The molecule has 11 nitrogen and oxygen atoms in total. The third kappa shape index (κ3) is 7.36. The second kappa shape index (κ2) is 11.7. The van der Waals surface area contributed by atoms with Crippen LogP contribution in [0.5, 0.6) is 0 Å². The van der Waals surface area contributed by atoms with Gasteiger partial charge < -0.3 is 25.7 Å². The number of aromatic nitrogens is 1. The zero-order valence-corrected chi connectivity index (χ0v) is 19.0. The minimum Gasteiger partial charge on any atom is -0.370 e. The van der Waals surface area contributed by atoms with E-state index in [1.807, 2.05) is 0 Å². The molecule has 2 rings (SSSR count). The fraction of sp³-hybridized carbons (Fsp3) is 0.600. The minimum absolute atomic E-state index is 0.0186. The average molecular weight is 469 g/mol. The number of H-pyrrole nitrogens is 1. The molecule has 0 spiro atoms. The van der Waals surface area contributed by atoms with Gasteiger partial charge in [-0.25, -0.2) is 8.42 Å². The zero-order valence-electron chi connectivity index (χ0n) is 18.2. The van der Waals surface area contributed by atoms with E-state index < -0.39 is 27.5 Å². The highest BCUT2D eigenvalue weighted by atomic mass is 32.2. The number of guanidine groups is 1. The van der Waals surface area contributed by atoms with Crippen molar-refractivity contribution in [2.75, 3.05) is 21.9 Å². The molecule has 1 aliphatic rings. The summed E-state index contributed by atoms with van der Waals surface area (Å²) in [6, 6.07) is 0.468. The van der Waals surface area contributed by atoms with Gasteiger partial charge in [0.05, 0.1) is 17.5 Å². The van der Waals surface area contributed by atoms with Crippen molar-refractivity contribution in [3.8, 4) is 0 Å². The lowest BCUT2D eigenvalue weighted by Gasteiger charge is -2.29. The fourth-order valence-electron chi connectivity index (χ4n) is 4.00. The lowest BCUT2D eigenvalue weighted by molar-refractivity contribution is -0.119. The van der Waals surface area contributed by atoms with E-state index in [0.29, 0.717) is 19.3 Å². The number of nitrogens with zero attached hydrogens (tertiary/aromatic N) is 1. The van der Waals surface area contributed by atoms with Crippen LogP contribution in [-0.2, 0) is 19.6 Å². The molecule has 32 heavy (non-hydrogen) atoms. The van der Waals surface area contributed by atoms with Gasteiger partial charge in [-0.05, 0) is 37.7 Å². The van der Waals surface area contributed by atoms with E-state index in [2.05, 4.69) is 15.0 Å². The molecule has 178 valence electrons. The molecule has 1 aromatic rings. The Morgan fingerprint density at radius 2 is 2.06 bits per heavy atom. The molecule has 0 unspecified atom stereocenters. The predicted molar refractivity (Wildman–Crippen MR) is 123 cm³/mol. The number of carbonyl (C=O) groups excluding carboxylic acids is 2. The number of amides is 1. The van der Waals surface area contributed by atoms with Crippen LogP contribution in [0.4, 0.5) is 11.4 Å². The topological polar surface area (TPSA) is 178 Å². The van der Waals surface area contributed by atoms with E-state index in [-0.39, 0.29) is 35.4 Å². The van der Waals surface area contributed by atoms with E-state index in [4.69, 9.17) is 11.1 Å². The molecule has 1 saturated carbocycles. The first-order valence-corrected chi connectivity index (χ1v) is 12.3. The van der Waals surface area contributed by atoms with Crippen molar-refractivity contribution in [3.05, 3.63) is 22.6 Å². The number of hydrogen-bond acceptors (Lipinski definition) is 6. The molecule has 0 bridgehead atoms. The summed E-state index contributed by atoms with van der Waals surface area (Å²) in [5.41, 5.74) is 4.27. The number of carbonyl (C=O) groups is 2. The number of hydrogen-bond donors (Lipinski definition) is 5. The Bertz CT molecular complexity index is 971. The van der Waals surface area contributed by atoms with Gasteiger partial charge in [-0.3, -0.25) is 19.7 Å². The van der Waals surface area contributed by atoms with Crippen molar-refractivity contribution in [1.82, 2.24) is 10.3 Å². The first-order valence-electron chi connectivity index (χ1n) is 10.7. The van der Waals surface area contributed by atoms with Gasteiger partial charge in [0.15, 0.2) is 5.96 Å². The van der Waals surface area contributed by atoms with Crippen LogP contribution in [-0.4, -0.2) is 49.9 Å². The number of sulfonamides is 1. The number of pyridine rings is 1. The normalized spacial score (nSPS) is 15.5. The maximum Gasteiger partial charge on any atom is 0.274 e. The Balaban J connectivity index is 2.28. The minimum atomic E-state index is -3.85. The largest absolute Gasteiger partial charge is 0.370 e. The molecule has 0 saturated heterocycles. The summed E-state index contributed by atoms with van der Waals surface area (Å²) in [7, 11) is -3.85. The first-order chi connectivity index (χ1) is 15.1. The maximum absolute atomic E-state index is 12.8. The average Bonchev–Trinajstić information content (AvgIpc) is 2.72. The van der Waals surface area contributed by atoms with Crippen LogP contribution in [0, 0.1) is 11.3 Å². The van der Waals surface area contributed by atoms with Gasteiger partial charge in [-0.15, -0.1) is 0 Å². The van der Waals surface area contributed by atoms with Crippen molar-refractivity contribution in [1.29, 1.82) is 5.41 Å². The lowest BCUT2D eigenvalue weighted by Crippen LogP contribution is -2.42. The number of nitrogens with one attached hydrogen (secondary N) is 4. The van der Waals surface area contributed by atoms with Gasteiger partial charge in [0.25, 0.3) is 5.56 Å². The number of aldehydes is 1. The Kier molecular flexibility index (Phi) is 9.24. The van der Waals surface area contributed by atoms with E-state index in [9.17, 15) is 22.8 Å². The zero-order chi connectivity index (χ0) is 23.7. The summed E-state index contributed by atoms with van der Waals surface area (Å²) in [6.07, 6.45) is 7.21. The second-order valence-corrected chi connectivity index (χ2v) is 9.80. The molecule has 0 aromatic carbocycles. The van der Waals surface area contributed by atoms with Gasteiger partial charge in [0.1, 0.15) is 12.0 Å². The number of aromatic amines is 1. The number of rotatable bonds is 11. The maximum atomic E-state index is 12.8. The molecule has 0 radical (unpaired) electrons. The van der Waals surface area contributed by atoms with Crippen LogP contribution < -0.4 is 26.2 Å². The Hall–Kier alpha value is -2.89. The van der Waals surface area contributed by atoms with Crippen molar-refractivity contribution in [3.63, 3.8) is 0 Å². The van der Waals surface area contributed by atoms with Crippen LogP contribution in [0.1, 0.15) is 51.9 Å². The molecule has 1 aromatic heterocycles. The monoisotopic (exact) mass is 468 g/mol. The van der Waals surface area contributed by atoms with Gasteiger partial charge >= 0.3 is 0 Å². The SMILES string of the molecule is CC(=O)N(c1cc[nH]c(=O)c1NS(=O)(=O)CC1CCCCC1)[C@H](C=O)CCCNC(=N)N. The summed E-state index contributed by atoms with van der Waals surface area (Å²) in [6.45, 7) is 1.56. The summed E-state index contributed by atoms with van der Waals surface area (Å²) in [5.74, 6) is -0.803. The van der Waals surface area contributed by atoms with Crippen molar-refractivity contribution < 1.29 is 18.0 Å². The quantitative estimate of drug-likeness (QED) is 0.138. The van der Waals surface area contributed by atoms with Gasteiger partial charge in [-0.2, -0.15) is 0 Å². The molecule has 1 heterocycles. The van der Waals surface area contributed by atoms with Gasteiger partial charge in [0.2, 0.25) is 15.9 Å². The predicted octanol–water partition coefficient (Wildman–Crippen LogP) is 0.881.